The Bertz CT molecular complexity index is 939. The van der Waals surface area contributed by atoms with Gasteiger partial charge in [-0.25, -0.2) is 13.6 Å². The number of esters is 1. The van der Waals surface area contributed by atoms with E-state index in [1.165, 1.54) is 12.1 Å². The van der Waals surface area contributed by atoms with Crippen LogP contribution in [0, 0.1) is 0 Å². The number of alkyl halides is 2. The van der Waals surface area contributed by atoms with E-state index in [1.54, 1.807) is 24.3 Å². The summed E-state index contributed by atoms with van der Waals surface area (Å²) in [5.41, 5.74) is -2.03. The molecular weight excluding hydrogens is 410 g/mol. The molecule has 0 aromatic heterocycles. The number of amides is 2. The van der Waals surface area contributed by atoms with Gasteiger partial charge in [-0.1, -0.05) is 18.2 Å². The summed E-state index contributed by atoms with van der Waals surface area (Å²) >= 11 is 0. The first-order valence-corrected chi connectivity index (χ1v) is 9.58. The Morgan fingerprint density at radius 2 is 1.74 bits per heavy atom. The van der Waals surface area contributed by atoms with Gasteiger partial charge in [-0.2, -0.15) is 0 Å². The first-order chi connectivity index (χ1) is 14.8. The van der Waals surface area contributed by atoms with Crippen molar-refractivity contribution in [2.24, 2.45) is 0 Å². The lowest BCUT2D eigenvalue weighted by Crippen LogP contribution is -2.46. The standard InChI is InChI=1S/C22H22F2N2O5/c1-30-21(29)18-11-22(24,13-23)14-26(18)19(27)12-25-20(28)15-7-9-17(10-8-15)31-16-5-3-2-4-6-16/h2-10,18H,11-14H2,1H3,(H,25,28)/t18-,22-/m0/s1. The van der Waals surface area contributed by atoms with Crippen LogP contribution in [0.4, 0.5) is 8.78 Å². The molecule has 1 fully saturated rings. The molecule has 2 atom stereocenters. The van der Waals surface area contributed by atoms with Gasteiger partial charge in [0.05, 0.1) is 20.2 Å². The number of hydrogen-bond donors (Lipinski definition) is 1. The lowest BCUT2D eigenvalue weighted by Gasteiger charge is -2.22. The highest BCUT2D eigenvalue weighted by molar-refractivity contribution is 5.97. The molecule has 0 aliphatic carbocycles. The normalized spacial score (nSPS) is 20.2. The highest BCUT2D eigenvalue weighted by Gasteiger charge is 2.50. The Kier molecular flexibility index (Phi) is 6.84. The second-order valence-electron chi connectivity index (χ2n) is 7.17. The highest BCUT2D eigenvalue weighted by atomic mass is 19.2. The zero-order chi connectivity index (χ0) is 22.4. The maximum absolute atomic E-state index is 14.4. The highest BCUT2D eigenvalue weighted by Crippen LogP contribution is 2.32. The average molecular weight is 432 g/mol. The minimum Gasteiger partial charge on any atom is -0.467 e. The molecule has 0 unspecified atom stereocenters. The van der Waals surface area contributed by atoms with Gasteiger partial charge in [0.2, 0.25) is 5.91 Å². The van der Waals surface area contributed by atoms with Crippen molar-refractivity contribution in [3.05, 3.63) is 60.2 Å². The molecule has 2 aromatic carbocycles. The molecule has 0 radical (unpaired) electrons. The third-order valence-corrected chi connectivity index (χ3v) is 4.92. The Hall–Kier alpha value is -3.49. The van der Waals surface area contributed by atoms with Crippen molar-refractivity contribution >= 4 is 17.8 Å². The van der Waals surface area contributed by atoms with E-state index in [9.17, 15) is 23.2 Å². The van der Waals surface area contributed by atoms with E-state index in [2.05, 4.69) is 10.1 Å². The number of carbonyl (C=O) groups excluding carboxylic acids is 3. The van der Waals surface area contributed by atoms with Crippen LogP contribution in [0.2, 0.25) is 0 Å². The molecule has 0 bridgehead atoms. The van der Waals surface area contributed by atoms with E-state index >= 15 is 0 Å². The number of carbonyl (C=O) groups is 3. The molecule has 2 amide bonds. The summed E-state index contributed by atoms with van der Waals surface area (Å²) in [6.45, 7) is -2.38. The van der Waals surface area contributed by atoms with Crippen LogP contribution in [-0.2, 0) is 14.3 Å². The molecule has 3 rings (SSSR count). The van der Waals surface area contributed by atoms with E-state index in [-0.39, 0.29) is 5.56 Å². The molecule has 1 aliphatic heterocycles. The maximum Gasteiger partial charge on any atom is 0.328 e. The minimum absolute atomic E-state index is 0.280. The minimum atomic E-state index is -2.31. The summed E-state index contributed by atoms with van der Waals surface area (Å²) in [5.74, 6) is -0.900. The number of hydrogen-bond acceptors (Lipinski definition) is 5. The van der Waals surface area contributed by atoms with Crippen molar-refractivity contribution in [1.82, 2.24) is 10.2 Å². The van der Waals surface area contributed by atoms with Crippen LogP contribution in [0.1, 0.15) is 16.8 Å². The largest absolute Gasteiger partial charge is 0.467 e. The molecule has 1 heterocycles. The van der Waals surface area contributed by atoms with Gasteiger partial charge < -0.3 is 19.7 Å². The molecule has 9 heteroatoms. The number of benzene rings is 2. The van der Waals surface area contributed by atoms with Gasteiger partial charge in [-0.15, -0.1) is 0 Å². The van der Waals surface area contributed by atoms with E-state index < -0.39 is 55.7 Å². The Labute approximate surface area is 177 Å². The van der Waals surface area contributed by atoms with Crippen LogP contribution in [0.25, 0.3) is 0 Å². The van der Waals surface area contributed by atoms with Crippen LogP contribution in [0.3, 0.4) is 0 Å². The number of likely N-dealkylation sites (tertiary alicyclic amines) is 1. The van der Waals surface area contributed by atoms with Crippen molar-refractivity contribution in [2.75, 3.05) is 26.9 Å². The van der Waals surface area contributed by atoms with Gasteiger partial charge in [-0.3, -0.25) is 9.59 Å². The Morgan fingerprint density at radius 1 is 1.10 bits per heavy atom. The van der Waals surface area contributed by atoms with Crippen molar-refractivity contribution in [1.29, 1.82) is 0 Å². The number of rotatable bonds is 7. The second kappa shape index (κ2) is 9.55. The van der Waals surface area contributed by atoms with E-state index in [0.29, 0.717) is 11.5 Å². The fourth-order valence-electron chi connectivity index (χ4n) is 3.30. The average Bonchev–Trinajstić information content (AvgIpc) is 3.16. The van der Waals surface area contributed by atoms with Gasteiger partial charge in [0.1, 0.15) is 24.2 Å². The van der Waals surface area contributed by atoms with Crippen molar-refractivity contribution in [3.63, 3.8) is 0 Å². The zero-order valence-electron chi connectivity index (χ0n) is 16.8. The predicted molar refractivity (Wildman–Crippen MR) is 107 cm³/mol. The topological polar surface area (TPSA) is 84.9 Å². The van der Waals surface area contributed by atoms with Crippen molar-refractivity contribution in [2.45, 2.75) is 18.1 Å². The zero-order valence-corrected chi connectivity index (χ0v) is 16.8. The summed E-state index contributed by atoms with van der Waals surface area (Å²) in [5, 5.41) is 2.43. The summed E-state index contributed by atoms with van der Waals surface area (Å²) in [6, 6.07) is 14.2. The van der Waals surface area contributed by atoms with Crippen LogP contribution < -0.4 is 10.1 Å². The fraction of sp³-hybridized carbons (Fsp3) is 0.318. The van der Waals surface area contributed by atoms with Crippen molar-refractivity contribution < 1.29 is 32.6 Å². The molecule has 2 aromatic rings. The number of nitrogens with one attached hydrogen (secondary N) is 1. The Morgan fingerprint density at radius 3 is 2.35 bits per heavy atom. The summed E-state index contributed by atoms with van der Waals surface area (Å²) in [7, 11) is 1.10. The van der Waals surface area contributed by atoms with E-state index in [1.807, 2.05) is 18.2 Å². The number of ether oxygens (including phenoxy) is 2. The predicted octanol–water partition coefficient (Wildman–Crippen LogP) is 2.66. The molecule has 1 N–H and O–H groups in total. The van der Waals surface area contributed by atoms with Crippen LogP contribution in [0.5, 0.6) is 11.5 Å². The van der Waals surface area contributed by atoms with Crippen LogP contribution in [-0.4, -0.2) is 61.3 Å². The van der Waals surface area contributed by atoms with E-state index in [0.717, 1.165) is 12.0 Å². The van der Waals surface area contributed by atoms with Gasteiger partial charge in [0.15, 0.2) is 5.67 Å². The molecule has 1 saturated heterocycles. The number of methoxy groups -OCH3 is 1. The third kappa shape index (κ3) is 5.36. The number of para-hydroxylation sites is 1. The first kappa shape index (κ1) is 22.2. The number of nitrogens with zero attached hydrogens (tertiary/aromatic N) is 1. The monoisotopic (exact) mass is 432 g/mol. The van der Waals surface area contributed by atoms with Crippen molar-refractivity contribution in [3.8, 4) is 11.5 Å². The smallest absolute Gasteiger partial charge is 0.328 e. The lowest BCUT2D eigenvalue weighted by atomic mass is 10.0. The molecule has 0 spiro atoms. The summed E-state index contributed by atoms with van der Waals surface area (Å²) in [4.78, 5) is 37.6. The molecule has 164 valence electrons. The van der Waals surface area contributed by atoms with Crippen LogP contribution >= 0.6 is 0 Å². The first-order valence-electron chi connectivity index (χ1n) is 9.58. The van der Waals surface area contributed by atoms with E-state index in [4.69, 9.17) is 4.74 Å². The Balaban J connectivity index is 1.58. The lowest BCUT2D eigenvalue weighted by molar-refractivity contribution is -0.150. The fourth-order valence-corrected chi connectivity index (χ4v) is 3.30. The molecule has 0 saturated carbocycles. The maximum atomic E-state index is 14.4. The SMILES string of the molecule is COC(=O)[C@@H]1C[C@](F)(CF)CN1C(=O)CNC(=O)c1ccc(Oc2ccccc2)cc1. The van der Waals surface area contributed by atoms with Gasteiger partial charge in [-0.05, 0) is 36.4 Å². The third-order valence-electron chi connectivity index (χ3n) is 4.92. The molecule has 7 nitrogen and oxygen atoms in total. The quantitative estimate of drug-likeness (QED) is 0.680. The molecule has 31 heavy (non-hydrogen) atoms. The van der Waals surface area contributed by atoms with Crippen LogP contribution in [0.15, 0.2) is 54.6 Å². The summed E-state index contributed by atoms with van der Waals surface area (Å²) in [6.07, 6.45) is -0.487. The number of halogens is 2. The summed E-state index contributed by atoms with van der Waals surface area (Å²) < 4.78 is 37.6. The molecular formula is C22H22F2N2O5. The van der Waals surface area contributed by atoms with Gasteiger partial charge in [0.25, 0.3) is 5.91 Å². The van der Waals surface area contributed by atoms with Gasteiger partial charge >= 0.3 is 5.97 Å². The molecule has 1 aliphatic rings. The second-order valence-corrected chi connectivity index (χ2v) is 7.17. The van der Waals surface area contributed by atoms with Gasteiger partial charge in [0, 0.05) is 12.0 Å².